The Labute approximate surface area is 112 Å². The molecule has 90 valence electrons. The summed E-state index contributed by atoms with van der Waals surface area (Å²) in [5.74, 6) is -0.862. The van der Waals surface area contributed by atoms with E-state index in [1.54, 1.807) is 11.3 Å². The van der Waals surface area contributed by atoms with Crippen molar-refractivity contribution in [3.8, 4) is 0 Å². The van der Waals surface area contributed by atoms with Gasteiger partial charge < -0.3 is 5.11 Å². The van der Waals surface area contributed by atoms with E-state index >= 15 is 0 Å². The average Bonchev–Trinajstić information content (AvgIpc) is 2.56. The number of aliphatic carboxylic acids is 1. The third-order valence-electron chi connectivity index (χ3n) is 2.24. The summed E-state index contributed by atoms with van der Waals surface area (Å²) in [5, 5.41) is 10.4. The highest BCUT2D eigenvalue weighted by Gasteiger charge is 2.09. The number of hydrogen-bond donors (Lipinski definition) is 2. The van der Waals surface area contributed by atoms with Crippen LogP contribution in [0.5, 0.6) is 0 Å². The highest BCUT2D eigenvalue weighted by atomic mass is 35.5. The Balaban J connectivity index is 2.23. The van der Waals surface area contributed by atoms with Crippen LogP contribution in [-0.2, 0) is 4.79 Å². The van der Waals surface area contributed by atoms with Crippen molar-refractivity contribution in [3.63, 3.8) is 0 Å². The zero-order chi connectivity index (χ0) is 12.4. The standard InChI is InChI=1S/C11H10ClNO2S2/c1-6-8-4-7(12)2-3-9(8)16-11(6)17-13-5-10(14)15/h2-4,13H,5H2,1H3,(H,14,15). The van der Waals surface area contributed by atoms with Crippen molar-refractivity contribution in [3.05, 3.63) is 28.8 Å². The zero-order valence-corrected chi connectivity index (χ0v) is 11.4. The number of thiophene rings is 1. The summed E-state index contributed by atoms with van der Waals surface area (Å²) in [6.07, 6.45) is 0. The lowest BCUT2D eigenvalue weighted by atomic mass is 10.2. The average molecular weight is 288 g/mol. The molecule has 0 aliphatic heterocycles. The predicted octanol–water partition coefficient (Wildman–Crippen LogP) is 3.54. The van der Waals surface area contributed by atoms with Gasteiger partial charge in [0.25, 0.3) is 0 Å². The minimum Gasteiger partial charge on any atom is -0.480 e. The van der Waals surface area contributed by atoms with Crippen molar-refractivity contribution in [2.24, 2.45) is 0 Å². The second-order valence-corrected chi connectivity index (χ2v) is 6.12. The quantitative estimate of drug-likeness (QED) is 0.845. The summed E-state index contributed by atoms with van der Waals surface area (Å²) in [6.45, 7) is 1.96. The Morgan fingerprint density at radius 1 is 1.59 bits per heavy atom. The third-order valence-corrected chi connectivity index (χ3v) is 4.83. The molecule has 2 aromatic rings. The molecule has 0 saturated carbocycles. The lowest BCUT2D eigenvalue weighted by Gasteiger charge is -1.99. The van der Waals surface area contributed by atoms with Gasteiger partial charge in [0, 0.05) is 9.72 Å². The topological polar surface area (TPSA) is 49.3 Å². The minimum absolute atomic E-state index is 0.0564. The number of benzene rings is 1. The first-order valence-corrected chi connectivity index (χ1v) is 6.89. The van der Waals surface area contributed by atoms with E-state index in [0.717, 1.165) is 19.9 Å². The van der Waals surface area contributed by atoms with Gasteiger partial charge in [-0.1, -0.05) is 11.6 Å². The molecule has 0 aliphatic rings. The van der Waals surface area contributed by atoms with E-state index in [2.05, 4.69) is 4.72 Å². The molecule has 0 atom stereocenters. The van der Waals surface area contributed by atoms with Crippen LogP contribution in [0.4, 0.5) is 0 Å². The fraction of sp³-hybridized carbons (Fsp3) is 0.182. The second kappa shape index (κ2) is 5.27. The summed E-state index contributed by atoms with van der Waals surface area (Å²) in [4.78, 5) is 10.4. The van der Waals surface area contributed by atoms with Crippen molar-refractivity contribution in [2.45, 2.75) is 11.1 Å². The molecule has 0 unspecified atom stereocenters. The SMILES string of the molecule is Cc1c(SNCC(=O)O)sc2ccc(Cl)cc12. The maximum absolute atomic E-state index is 10.4. The Morgan fingerprint density at radius 3 is 3.06 bits per heavy atom. The van der Waals surface area contributed by atoms with Crippen LogP contribution in [0.3, 0.4) is 0 Å². The van der Waals surface area contributed by atoms with Gasteiger partial charge in [0.2, 0.25) is 0 Å². The van der Waals surface area contributed by atoms with Gasteiger partial charge in [-0.15, -0.1) is 11.3 Å². The van der Waals surface area contributed by atoms with Crippen molar-refractivity contribution in [2.75, 3.05) is 6.54 Å². The fourth-order valence-electron chi connectivity index (χ4n) is 1.43. The molecule has 0 spiro atoms. The summed E-state index contributed by atoms with van der Waals surface area (Å²) in [6, 6.07) is 5.78. The van der Waals surface area contributed by atoms with E-state index < -0.39 is 5.97 Å². The highest BCUT2D eigenvalue weighted by molar-refractivity contribution is 7.99. The maximum atomic E-state index is 10.4. The van der Waals surface area contributed by atoms with E-state index in [0.29, 0.717) is 5.02 Å². The monoisotopic (exact) mass is 287 g/mol. The van der Waals surface area contributed by atoms with Crippen LogP contribution in [0, 0.1) is 6.92 Å². The van der Waals surface area contributed by atoms with Gasteiger partial charge in [-0.2, -0.15) is 0 Å². The van der Waals surface area contributed by atoms with Crippen LogP contribution < -0.4 is 4.72 Å². The summed E-state index contributed by atoms with van der Waals surface area (Å²) in [7, 11) is 0. The zero-order valence-electron chi connectivity index (χ0n) is 8.99. The first kappa shape index (κ1) is 12.7. The van der Waals surface area contributed by atoms with Crippen LogP contribution in [-0.4, -0.2) is 17.6 Å². The predicted molar refractivity (Wildman–Crippen MR) is 73.1 cm³/mol. The maximum Gasteiger partial charge on any atom is 0.318 e. The largest absolute Gasteiger partial charge is 0.480 e. The first-order valence-electron chi connectivity index (χ1n) is 4.88. The Bertz CT molecular complexity index is 568. The molecule has 3 nitrogen and oxygen atoms in total. The highest BCUT2D eigenvalue weighted by Crippen LogP contribution is 2.37. The van der Waals surface area contributed by atoms with Crippen molar-refractivity contribution >= 4 is 50.9 Å². The molecule has 2 rings (SSSR count). The van der Waals surface area contributed by atoms with Crippen LogP contribution in [0.15, 0.2) is 22.4 Å². The van der Waals surface area contributed by atoms with Gasteiger partial charge in [0.05, 0.1) is 4.21 Å². The number of aryl methyl sites for hydroxylation is 1. The summed E-state index contributed by atoms with van der Waals surface area (Å²) >= 11 is 8.94. The van der Waals surface area contributed by atoms with Gasteiger partial charge in [-0.05, 0) is 48.0 Å². The molecule has 0 radical (unpaired) electrons. The number of carboxylic acids is 1. The first-order chi connectivity index (χ1) is 8.08. The van der Waals surface area contributed by atoms with Crippen LogP contribution in [0.25, 0.3) is 10.1 Å². The van der Waals surface area contributed by atoms with Gasteiger partial charge in [-0.3, -0.25) is 4.79 Å². The molecule has 0 aliphatic carbocycles. The molecular weight excluding hydrogens is 278 g/mol. The molecule has 2 N–H and O–H groups in total. The molecule has 6 heteroatoms. The van der Waals surface area contributed by atoms with Gasteiger partial charge >= 0.3 is 5.97 Å². The van der Waals surface area contributed by atoms with Gasteiger partial charge in [-0.25, -0.2) is 4.72 Å². The van der Waals surface area contributed by atoms with Crippen molar-refractivity contribution < 1.29 is 9.90 Å². The molecule has 1 aromatic carbocycles. The summed E-state index contributed by atoms with van der Waals surface area (Å²) in [5.41, 5.74) is 1.13. The number of fused-ring (bicyclic) bond motifs is 1. The molecule has 0 fully saturated rings. The number of carbonyl (C=O) groups is 1. The fourth-order valence-corrected chi connectivity index (χ4v) is 3.73. The van der Waals surface area contributed by atoms with Crippen LogP contribution in [0.1, 0.15) is 5.56 Å². The normalized spacial score (nSPS) is 10.9. The van der Waals surface area contributed by atoms with E-state index in [1.165, 1.54) is 11.9 Å². The van der Waals surface area contributed by atoms with Gasteiger partial charge in [0.1, 0.15) is 6.54 Å². The summed E-state index contributed by atoms with van der Waals surface area (Å²) < 4.78 is 5.04. The molecular formula is C11H10ClNO2S2. The van der Waals surface area contributed by atoms with Gasteiger partial charge in [0.15, 0.2) is 0 Å². The molecule has 17 heavy (non-hydrogen) atoms. The second-order valence-electron chi connectivity index (χ2n) is 3.47. The van der Waals surface area contributed by atoms with Crippen molar-refractivity contribution in [1.29, 1.82) is 0 Å². The number of hydrogen-bond acceptors (Lipinski definition) is 4. The van der Waals surface area contributed by atoms with E-state index in [-0.39, 0.29) is 6.54 Å². The lowest BCUT2D eigenvalue weighted by molar-refractivity contribution is -0.135. The lowest BCUT2D eigenvalue weighted by Crippen LogP contribution is -2.15. The number of carboxylic acid groups (broad SMARTS) is 1. The number of rotatable bonds is 4. The van der Waals surface area contributed by atoms with E-state index in [9.17, 15) is 4.79 Å². The Hall–Kier alpha value is -0.750. The Morgan fingerprint density at radius 2 is 2.35 bits per heavy atom. The number of nitrogens with one attached hydrogen (secondary N) is 1. The molecule has 0 saturated heterocycles. The van der Waals surface area contributed by atoms with E-state index in [4.69, 9.17) is 16.7 Å². The van der Waals surface area contributed by atoms with E-state index in [1.807, 2.05) is 25.1 Å². The van der Waals surface area contributed by atoms with Crippen LogP contribution >= 0.6 is 34.9 Å². The van der Waals surface area contributed by atoms with Crippen molar-refractivity contribution in [1.82, 2.24) is 4.72 Å². The molecule has 1 aromatic heterocycles. The minimum atomic E-state index is -0.862. The third kappa shape index (κ3) is 2.93. The number of halogens is 1. The van der Waals surface area contributed by atoms with Crippen LogP contribution in [0.2, 0.25) is 5.02 Å². The molecule has 1 heterocycles. The molecule has 0 bridgehead atoms. The molecule has 0 amide bonds. The smallest absolute Gasteiger partial charge is 0.318 e. The Kier molecular flexibility index (Phi) is 3.93.